The van der Waals surface area contributed by atoms with Gasteiger partial charge < -0.3 is 20.5 Å². The average Bonchev–Trinajstić information content (AvgIpc) is 2.72. The van der Waals surface area contributed by atoms with Gasteiger partial charge in [-0.05, 0) is 30.6 Å². The minimum absolute atomic E-state index is 0.0787. The number of rotatable bonds is 9. The van der Waals surface area contributed by atoms with E-state index < -0.39 is 24.2 Å². The van der Waals surface area contributed by atoms with Gasteiger partial charge in [-0.3, -0.25) is 9.59 Å². The van der Waals surface area contributed by atoms with Crippen LogP contribution in [-0.2, 0) is 19.1 Å². The maximum Gasteiger partial charge on any atom is 0.331 e. The van der Waals surface area contributed by atoms with E-state index in [9.17, 15) is 19.5 Å². The van der Waals surface area contributed by atoms with Gasteiger partial charge in [0, 0.05) is 25.0 Å². The second-order valence-electron chi connectivity index (χ2n) is 7.33. The van der Waals surface area contributed by atoms with Crippen molar-refractivity contribution in [3.05, 3.63) is 53.6 Å². The molecule has 0 aromatic heterocycles. The number of amides is 2. The molecule has 0 unspecified atom stereocenters. The average molecular weight is 415 g/mol. The van der Waals surface area contributed by atoms with Crippen molar-refractivity contribution in [1.82, 2.24) is 10.6 Å². The number of carboxylic acid groups (broad SMARTS) is 1. The summed E-state index contributed by atoms with van der Waals surface area (Å²) >= 11 is 0. The number of nitrogens with one attached hydrogen (secondary N) is 2. The van der Waals surface area contributed by atoms with E-state index in [1.807, 2.05) is 44.2 Å². The van der Waals surface area contributed by atoms with Crippen molar-refractivity contribution in [2.24, 2.45) is 0 Å². The summed E-state index contributed by atoms with van der Waals surface area (Å²) in [7, 11) is 0. The highest BCUT2D eigenvalue weighted by Gasteiger charge is 2.38. The summed E-state index contributed by atoms with van der Waals surface area (Å²) in [6, 6.07) is 8.18. The zero-order valence-corrected chi connectivity index (χ0v) is 17.6. The molecule has 3 N–H and O–H groups in total. The fraction of sp³-hybridized carbons (Fsp3) is 0.435. The van der Waals surface area contributed by atoms with Crippen molar-refractivity contribution in [3.8, 4) is 0 Å². The molecule has 0 bridgehead atoms. The third kappa shape index (κ3) is 6.84. The molecule has 7 nitrogen and oxygen atoms in total. The molecule has 0 fully saturated rings. The number of benzene rings is 1. The predicted molar refractivity (Wildman–Crippen MR) is 115 cm³/mol. The van der Waals surface area contributed by atoms with Crippen LogP contribution in [0.1, 0.15) is 45.6 Å². The van der Waals surface area contributed by atoms with Crippen molar-refractivity contribution in [3.63, 3.8) is 0 Å². The fourth-order valence-corrected chi connectivity index (χ4v) is 3.47. The lowest BCUT2D eigenvalue weighted by molar-refractivity contribution is -0.133. The SMILES string of the molecule is CCC(CC)O[C@@H]1C=C(C(=O)O)C[C@H](NC(=O)/C=C/c2ccccc2)[C@H]1NC(C)=O. The Labute approximate surface area is 177 Å². The van der Waals surface area contributed by atoms with Gasteiger partial charge in [-0.1, -0.05) is 44.2 Å². The van der Waals surface area contributed by atoms with Gasteiger partial charge in [0.1, 0.15) is 0 Å². The first-order valence-corrected chi connectivity index (χ1v) is 10.2. The van der Waals surface area contributed by atoms with Gasteiger partial charge in [0.2, 0.25) is 11.8 Å². The standard InChI is InChI=1S/C23H30N2O5/c1-4-18(5-2)30-20-14-17(23(28)29)13-19(22(20)24-15(3)26)25-21(27)12-11-16-9-7-6-8-10-16/h6-12,14,18-20,22H,4-5,13H2,1-3H3,(H,24,26)(H,25,27)(H,28,29)/b12-11+/t19-,20+,22+/m0/s1. The van der Waals surface area contributed by atoms with Crippen molar-refractivity contribution in [1.29, 1.82) is 0 Å². The van der Waals surface area contributed by atoms with E-state index in [0.29, 0.717) is 0 Å². The third-order valence-electron chi connectivity index (χ3n) is 5.05. The van der Waals surface area contributed by atoms with E-state index in [1.54, 1.807) is 12.2 Å². The van der Waals surface area contributed by atoms with Crippen LogP contribution in [-0.4, -0.2) is 47.2 Å². The predicted octanol–water partition coefficient (Wildman–Crippen LogP) is 2.68. The summed E-state index contributed by atoms with van der Waals surface area (Å²) in [4.78, 5) is 36.0. The van der Waals surface area contributed by atoms with E-state index in [-0.39, 0.29) is 29.9 Å². The Morgan fingerprint density at radius 2 is 1.83 bits per heavy atom. The van der Waals surface area contributed by atoms with Gasteiger partial charge in [0.15, 0.2) is 0 Å². The van der Waals surface area contributed by atoms with Crippen LogP contribution < -0.4 is 10.6 Å². The second kappa shape index (κ2) is 11.3. The number of hydrogen-bond acceptors (Lipinski definition) is 4. The molecule has 0 radical (unpaired) electrons. The Balaban J connectivity index is 2.24. The molecule has 1 aliphatic carbocycles. The van der Waals surface area contributed by atoms with E-state index in [0.717, 1.165) is 18.4 Å². The summed E-state index contributed by atoms with van der Waals surface area (Å²) in [5.41, 5.74) is 1.03. The molecule has 3 atom stereocenters. The Morgan fingerprint density at radius 3 is 2.40 bits per heavy atom. The van der Waals surface area contributed by atoms with Crippen molar-refractivity contribution >= 4 is 23.9 Å². The fourth-order valence-electron chi connectivity index (χ4n) is 3.47. The maximum absolute atomic E-state index is 12.5. The Kier molecular flexibility index (Phi) is 8.80. The van der Waals surface area contributed by atoms with Gasteiger partial charge in [-0.25, -0.2) is 4.79 Å². The molecule has 1 aromatic carbocycles. The number of hydrogen-bond donors (Lipinski definition) is 3. The summed E-state index contributed by atoms with van der Waals surface area (Å²) in [5.74, 6) is -1.70. The zero-order valence-electron chi connectivity index (χ0n) is 17.6. The molecule has 0 heterocycles. The van der Waals surface area contributed by atoms with Crippen LogP contribution in [0.2, 0.25) is 0 Å². The second-order valence-corrected chi connectivity index (χ2v) is 7.33. The Hall–Kier alpha value is -2.93. The molecule has 30 heavy (non-hydrogen) atoms. The van der Waals surface area contributed by atoms with Crippen molar-refractivity contribution < 1.29 is 24.2 Å². The van der Waals surface area contributed by atoms with Crippen LogP contribution in [0.5, 0.6) is 0 Å². The molecule has 0 saturated carbocycles. The molecule has 0 spiro atoms. The smallest absolute Gasteiger partial charge is 0.331 e. The first-order chi connectivity index (χ1) is 14.3. The molecule has 1 aromatic rings. The van der Waals surface area contributed by atoms with Gasteiger partial charge in [-0.15, -0.1) is 0 Å². The van der Waals surface area contributed by atoms with Crippen molar-refractivity contribution in [2.45, 2.75) is 64.3 Å². The summed E-state index contributed by atoms with van der Waals surface area (Å²) in [6.07, 6.45) is 5.50. The highest BCUT2D eigenvalue weighted by atomic mass is 16.5. The van der Waals surface area contributed by atoms with Crippen LogP contribution in [0.15, 0.2) is 48.1 Å². The lowest BCUT2D eigenvalue weighted by Crippen LogP contribution is -2.59. The van der Waals surface area contributed by atoms with E-state index in [4.69, 9.17) is 4.74 Å². The highest BCUT2D eigenvalue weighted by molar-refractivity contribution is 5.92. The topological polar surface area (TPSA) is 105 Å². The molecule has 1 aliphatic rings. The molecular formula is C23H30N2O5. The number of aliphatic carboxylic acids is 1. The van der Waals surface area contributed by atoms with Crippen LogP contribution in [0.4, 0.5) is 0 Å². The third-order valence-corrected chi connectivity index (χ3v) is 5.05. The van der Waals surface area contributed by atoms with E-state index in [1.165, 1.54) is 13.0 Å². The molecule has 2 amide bonds. The number of carboxylic acids is 1. The first kappa shape index (κ1) is 23.3. The van der Waals surface area contributed by atoms with Crippen molar-refractivity contribution in [2.75, 3.05) is 0 Å². The number of carbonyl (C=O) groups excluding carboxylic acids is 2. The highest BCUT2D eigenvalue weighted by Crippen LogP contribution is 2.24. The summed E-state index contributed by atoms with van der Waals surface area (Å²) < 4.78 is 6.10. The lowest BCUT2D eigenvalue weighted by atomic mass is 9.87. The van der Waals surface area contributed by atoms with E-state index >= 15 is 0 Å². The minimum atomic E-state index is -1.06. The van der Waals surface area contributed by atoms with Gasteiger partial charge >= 0.3 is 5.97 Å². The molecule has 7 heteroatoms. The Morgan fingerprint density at radius 1 is 1.17 bits per heavy atom. The maximum atomic E-state index is 12.5. The summed E-state index contributed by atoms with van der Waals surface area (Å²) in [6.45, 7) is 5.36. The van der Waals surface area contributed by atoms with Gasteiger partial charge in [-0.2, -0.15) is 0 Å². The molecule has 162 valence electrons. The number of carbonyl (C=O) groups is 3. The zero-order chi connectivity index (χ0) is 22.1. The monoisotopic (exact) mass is 414 g/mol. The van der Waals surface area contributed by atoms with E-state index in [2.05, 4.69) is 10.6 Å². The number of ether oxygens (including phenoxy) is 1. The molecule has 0 aliphatic heterocycles. The van der Waals surface area contributed by atoms with Crippen LogP contribution in [0.25, 0.3) is 6.08 Å². The first-order valence-electron chi connectivity index (χ1n) is 10.2. The summed E-state index contributed by atoms with van der Waals surface area (Å²) in [5, 5.41) is 15.2. The van der Waals surface area contributed by atoms with Crippen LogP contribution in [0, 0.1) is 0 Å². The lowest BCUT2D eigenvalue weighted by Gasteiger charge is -2.38. The van der Waals surface area contributed by atoms with Gasteiger partial charge in [0.05, 0.1) is 24.3 Å². The molecule has 0 saturated heterocycles. The molecule has 2 rings (SSSR count). The molecular weight excluding hydrogens is 384 g/mol. The van der Waals surface area contributed by atoms with Gasteiger partial charge in [0.25, 0.3) is 0 Å². The largest absolute Gasteiger partial charge is 0.478 e. The van der Waals surface area contributed by atoms with Crippen LogP contribution >= 0.6 is 0 Å². The normalized spacial score (nSPS) is 21.3. The minimum Gasteiger partial charge on any atom is -0.478 e. The quantitative estimate of drug-likeness (QED) is 0.539. The van der Waals surface area contributed by atoms with Crippen LogP contribution in [0.3, 0.4) is 0 Å². The Bertz CT molecular complexity index is 799.